The summed E-state index contributed by atoms with van der Waals surface area (Å²) in [5, 5.41) is 0.711. The first-order valence-corrected chi connectivity index (χ1v) is 11.6. The number of thioether (sulfide) groups is 1. The van der Waals surface area contributed by atoms with E-state index in [4.69, 9.17) is 21.1 Å². The third kappa shape index (κ3) is 7.44. The number of hydrogen-bond acceptors (Lipinski definition) is 5. The van der Waals surface area contributed by atoms with Gasteiger partial charge >= 0.3 is 0 Å². The molecular weight excluding hydrogens is 460 g/mol. The number of rotatable bonds is 9. The molecule has 0 atom stereocenters. The zero-order chi connectivity index (χ0) is 23.6. The summed E-state index contributed by atoms with van der Waals surface area (Å²) in [6.45, 7) is 0. The van der Waals surface area contributed by atoms with E-state index >= 15 is 0 Å². The summed E-state index contributed by atoms with van der Waals surface area (Å²) in [5.41, 5.74) is 7.40. The molecule has 0 aliphatic rings. The van der Waals surface area contributed by atoms with Gasteiger partial charge in [-0.3, -0.25) is 20.4 Å². The van der Waals surface area contributed by atoms with Gasteiger partial charge in [-0.1, -0.05) is 29.8 Å². The molecule has 6 nitrogen and oxygen atoms in total. The first kappa shape index (κ1) is 24.5. The zero-order valence-electron chi connectivity index (χ0n) is 18.4. The second-order valence-electron chi connectivity index (χ2n) is 7.13. The van der Waals surface area contributed by atoms with Crippen LogP contribution >= 0.6 is 23.4 Å². The molecule has 3 aromatic carbocycles. The highest BCUT2D eigenvalue weighted by molar-refractivity contribution is 7.98. The fourth-order valence-corrected chi connectivity index (χ4v) is 3.99. The van der Waals surface area contributed by atoms with Crippen LogP contribution in [0.25, 0.3) is 0 Å². The molecule has 2 amide bonds. The monoisotopic (exact) mass is 484 g/mol. The normalized spacial score (nSPS) is 10.4. The second-order valence-corrected chi connectivity index (χ2v) is 8.62. The van der Waals surface area contributed by atoms with Gasteiger partial charge in [-0.15, -0.1) is 11.8 Å². The van der Waals surface area contributed by atoms with Gasteiger partial charge in [0.15, 0.2) is 11.5 Å². The van der Waals surface area contributed by atoms with Crippen molar-refractivity contribution in [2.24, 2.45) is 0 Å². The van der Waals surface area contributed by atoms with Crippen molar-refractivity contribution in [3.05, 3.63) is 88.4 Å². The number of benzene rings is 3. The quantitative estimate of drug-likeness (QED) is 0.328. The van der Waals surface area contributed by atoms with Crippen molar-refractivity contribution < 1.29 is 19.1 Å². The van der Waals surface area contributed by atoms with Crippen molar-refractivity contribution in [2.75, 3.05) is 14.2 Å². The molecule has 0 saturated carbocycles. The first-order chi connectivity index (χ1) is 16.0. The van der Waals surface area contributed by atoms with Gasteiger partial charge in [0.25, 0.3) is 5.91 Å². The number of carbonyl (C=O) groups excluding carboxylic acids is 2. The minimum Gasteiger partial charge on any atom is -0.493 e. The summed E-state index contributed by atoms with van der Waals surface area (Å²) in [7, 11) is 3.14. The van der Waals surface area contributed by atoms with E-state index in [1.807, 2.05) is 48.5 Å². The first-order valence-electron chi connectivity index (χ1n) is 10.3. The maximum absolute atomic E-state index is 12.3. The van der Waals surface area contributed by atoms with Crippen LogP contribution in [0.4, 0.5) is 0 Å². The lowest BCUT2D eigenvalue weighted by Crippen LogP contribution is -2.41. The molecular formula is C25H25ClN2O4S. The predicted molar refractivity (Wildman–Crippen MR) is 131 cm³/mol. The lowest BCUT2D eigenvalue weighted by molar-refractivity contribution is -0.121. The Hall–Kier alpha value is -3.16. The lowest BCUT2D eigenvalue weighted by atomic mass is 10.1. The molecule has 3 rings (SSSR count). The van der Waals surface area contributed by atoms with Crippen molar-refractivity contribution in [2.45, 2.75) is 23.5 Å². The molecule has 0 saturated heterocycles. The maximum atomic E-state index is 12.3. The van der Waals surface area contributed by atoms with Crippen LogP contribution in [0, 0.1) is 0 Å². The maximum Gasteiger partial charge on any atom is 0.269 e. The molecule has 0 spiro atoms. The second kappa shape index (κ2) is 12.2. The number of amides is 2. The molecule has 0 aromatic heterocycles. The van der Waals surface area contributed by atoms with Crippen LogP contribution in [0.2, 0.25) is 5.02 Å². The van der Waals surface area contributed by atoms with Gasteiger partial charge in [0.2, 0.25) is 5.91 Å². The SMILES string of the molecule is COc1ccc(CCC(=O)NNC(=O)c2ccc(CSc3ccc(Cl)cc3)cc2)cc1OC. The van der Waals surface area contributed by atoms with Gasteiger partial charge < -0.3 is 9.47 Å². The molecule has 0 radical (unpaired) electrons. The highest BCUT2D eigenvalue weighted by Crippen LogP contribution is 2.28. The van der Waals surface area contributed by atoms with Gasteiger partial charge in [-0.25, -0.2) is 0 Å². The minimum absolute atomic E-state index is 0.219. The number of nitrogens with one attached hydrogen (secondary N) is 2. The van der Waals surface area contributed by atoms with Crippen LogP contribution in [0.1, 0.15) is 27.9 Å². The number of halogens is 1. The number of hydrogen-bond donors (Lipinski definition) is 2. The highest BCUT2D eigenvalue weighted by atomic mass is 35.5. The number of aryl methyl sites for hydroxylation is 1. The standard InChI is InChI=1S/C25H25ClN2O4S/c1-31-22-13-5-17(15-23(22)32-2)6-14-24(29)27-28-25(30)19-7-3-18(4-8-19)16-33-21-11-9-20(26)10-12-21/h3-5,7-13,15H,6,14,16H2,1-2H3,(H,27,29)(H,28,30). The fourth-order valence-electron chi connectivity index (χ4n) is 3.00. The van der Waals surface area contributed by atoms with Crippen molar-refractivity contribution in [3.63, 3.8) is 0 Å². The number of methoxy groups -OCH3 is 2. The Morgan fingerprint density at radius 3 is 2.18 bits per heavy atom. The topological polar surface area (TPSA) is 76.7 Å². The van der Waals surface area contributed by atoms with Gasteiger partial charge in [0, 0.05) is 27.7 Å². The molecule has 8 heteroatoms. The summed E-state index contributed by atoms with van der Waals surface area (Å²) in [5.74, 6) is 1.36. The summed E-state index contributed by atoms with van der Waals surface area (Å²) in [6, 6.07) is 20.5. The van der Waals surface area contributed by atoms with E-state index in [2.05, 4.69) is 10.9 Å². The van der Waals surface area contributed by atoms with E-state index in [0.29, 0.717) is 28.5 Å². The van der Waals surface area contributed by atoms with Crippen LogP contribution in [-0.4, -0.2) is 26.0 Å². The molecule has 3 aromatic rings. The van der Waals surface area contributed by atoms with Crippen LogP contribution < -0.4 is 20.3 Å². The molecule has 0 unspecified atom stereocenters. The Kier molecular flexibility index (Phi) is 9.04. The molecule has 0 aliphatic heterocycles. The third-order valence-corrected chi connectivity index (χ3v) is 6.17. The molecule has 0 bridgehead atoms. The van der Waals surface area contributed by atoms with E-state index in [0.717, 1.165) is 21.8 Å². The number of ether oxygens (including phenoxy) is 2. The zero-order valence-corrected chi connectivity index (χ0v) is 20.0. The minimum atomic E-state index is -0.369. The summed E-state index contributed by atoms with van der Waals surface area (Å²) < 4.78 is 10.5. The smallest absolute Gasteiger partial charge is 0.269 e. The van der Waals surface area contributed by atoms with Crippen molar-refractivity contribution in [3.8, 4) is 11.5 Å². The van der Waals surface area contributed by atoms with Crippen molar-refractivity contribution >= 4 is 35.2 Å². The van der Waals surface area contributed by atoms with Crippen LogP contribution in [0.15, 0.2) is 71.6 Å². The Labute approximate surface area is 202 Å². The third-order valence-electron chi connectivity index (χ3n) is 4.84. The average Bonchev–Trinajstić information content (AvgIpc) is 2.85. The summed E-state index contributed by atoms with van der Waals surface area (Å²) >= 11 is 7.59. The van der Waals surface area contributed by atoms with Gasteiger partial charge in [-0.05, 0) is 66.1 Å². The van der Waals surface area contributed by atoms with Crippen molar-refractivity contribution in [1.82, 2.24) is 10.9 Å². The van der Waals surface area contributed by atoms with Gasteiger partial charge in [0.05, 0.1) is 14.2 Å². The summed E-state index contributed by atoms with van der Waals surface area (Å²) in [4.78, 5) is 25.6. The lowest BCUT2D eigenvalue weighted by Gasteiger charge is -2.10. The Balaban J connectivity index is 1.43. The van der Waals surface area contributed by atoms with Crippen LogP contribution in [0.3, 0.4) is 0 Å². The molecule has 2 N–H and O–H groups in total. The number of hydrazine groups is 1. The Morgan fingerprint density at radius 1 is 0.848 bits per heavy atom. The summed E-state index contributed by atoms with van der Waals surface area (Å²) in [6.07, 6.45) is 0.721. The van der Waals surface area contributed by atoms with Crippen LogP contribution in [0.5, 0.6) is 11.5 Å². The van der Waals surface area contributed by atoms with E-state index in [1.54, 1.807) is 44.2 Å². The molecule has 0 aliphatic carbocycles. The Bertz CT molecular complexity index is 1090. The molecule has 172 valence electrons. The van der Waals surface area contributed by atoms with E-state index in [1.165, 1.54) is 0 Å². The van der Waals surface area contributed by atoms with Gasteiger partial charge in [0.1, 0.15) is 0 Å². The number of carbonyl (C=O) groups is 2. The molecule has 33 heavy (non-hydrogen) atoms. The largest absolute Gasteiger partial charge is 0.493 e. The van der Waals surface area contributed by atoms with E-state index in [-0.39, 0.29) is 18.2 Å². The van der Waals surface area contributed by atoms with E-state index < -0.39 is 0 Å². The van der Waals surface area contributed by atoms with Crippen molar-refractivity contribution in [1.29, 1.82) is 0 Å². The molecule has 0 heterocycles. The van der Waals surface area contributed by atoms with Gasteiger partial charge in [-0.2, -0.15) is 0 Å². The van der Waals surface area contributed by atoms with E-state index in [9.17, 15) is 9.59 Å². The fraction of sp³-hybridized carbons (Fsp3) is 0.200. The predicted octanol–water partition coefficient (Wildman–Crippen LogP) is 5.04. The Morgan fingerprint density at radius 2 is 1.52 bits per heavy atom. The highest BCUT2D eigenvalue weighted by Gasteiger charge is 2.10. The average molecular weight is 485 g/mol. The van der Waals surface area contributed by atoms with Crippen LogP contribution in [-0.2, 0) is 17.0 Å². The molecule has 0 fully saturated rings.